The van der Waals surface area contributed by atoms with Crippen molar-refractivity contribution in [2.24, 2.45) is 0 Å². The molecule has 3 aromatic rings. The molecule has 0 saturated carbocycles. The zero-order valence-electron chi connectivity index (χ0n) is 13.3. The number of nitrogens with zero attached hydrogens (tertiary/aromatic N) is 2. The monoisotopic (exact) mass is 341 g/mol. The van der Waals surface area contributed by atoms with Crippen LogP contribution in [-0.4, -0.2) is 19.9 Å². The molecule has 25 heavy (non-hydrogen) atoms. The van der Waals surface area contributed by atoms with Crippen molar-refractivity contribution in [3.8, 4) is 0 Å². The fourth-order valence-electron chi connectivity index (χ4n) is 2.94. The summed E-state index contributed by atoms with van der Waals surface area (Å²) in [6.07, 6.45) is 8.09. The van der Waals surface area contributed by atoms with Crippen molar-refractivity contribution >= 4 is 56.3 Å². The predicted octanol–water partition coefficient (Wildman–Crippen LogP) is 5.52. The van der Waals surface area contributed by atoms with Crippen molar-refractivity contribution in [2.75, 3.05) is 0 Å². The van der Waals surface area contributed by atoms with Crippen LogP contribution in [0.5, 0.6) is 0 Å². The summed E-state index contributed by atoms with van der Waals surface area (Å²) >= 11 is 0. The van der Waals surface area contributed by atoms with Gasteiger partial charge in [-0.1, -0.05) is 0 Å². The summed E-state index contributed by atoms with van der Waals surface area (Å²) in [4.78, 5) is 16.0. The molecule has 3 aromatic heterocycles. The van der Waals surface area contributed by atoms with E-state index in [9.17, 15) is 0 Å². The number of hydrogen-bond donors (Lipinski definition) is 2. The molecule has 119 valence electrons. The molecule has 0 aliphatic carbocycles. The minimum atomic E-state index is 0. The van der Waals surface area contributed by atoms with Crippen molar-refractivity contribution in [2.45, 2.75) is 0 Å². The zero-order chi connectivity index (χ0) is 15.9. The van der Waals surface area contributed by atoms with Crippen LogP contribution < -0.4 is 0 Å². The first-order valence-corrected chi connectivity index (χ1v) is 7.85. The summed E-state index contributed by atoms with van der Waals surface area (Å²) < 4.78 is 0. The minimum Gasteiger partial charge on any atom is -0.355 e. The van der Waals surface area contributed by atoms with E-state index in [1.54, 1.807) is 0 Å². The van der Waals surface area contributed by atoms with E-state index in [0.717, 1.165) is 44.8 Å². The van der Waals surface area contributed by atoms with E-state index in [1.807, 2.05) is 48.6 Å². The lowest BCUT2D eigenvalue weighted by Gasteiger charge is -1.85. The smallest absolute Gasteiger partial charge is 0.0658 e. The van der Waals surface area contributed by atoms with E-state index < -0.39 is 0 Å². The topological polar surface area (TPSA) is 57.4 Å². The number of fused-ring (bicyclic) bond motifs is 8. The lowest BCUT2D eigenvalue weighted by Crippen LogP contribution is -1.75. The van der Waals surface area contributed by atoms with Crippen molar-refractivity contribution < 1.29 is 0 Å². The molecule has 0 fully saturated rings. The third-order valence-electron chi connectivity index (χ3n) is 4.04. The molecular formula is C20H14N4P. The van der Waals surface area contributed by atoms with E-state index >= 15 is 0 Å². The van der Waals surface area contributed by atoms with E-state index in [1.165, 1.54) is 0 Å². The minimum absolute atomic E-state index is 0. The summed E-state index contributed by atoms with van der Waals surface area (Å²) in [5, 5.41) is 0. The number of nitrogens with one attached hydrogen (secondary N) is 2. The molecule has 5 rings (SSSR count). The molecule has 2 aliphatic rings. The van der Waals surface area contributed by atoms with Crippen LogP contribution in [0.15, 0.2) is 48.5 Å². The highest BCUT2D eigenvalue weighted by atomic mass is 31.0. The van der Waals surface area contributed by atoms with E-state index in [-0.39, 0.29) is 9.90 Å². The van der Waals surface area contributed by atoms with Gasteiger partial charge in [-0.15, -0.1) is 0 Å². The Bertz CT molecular complexity index is 990. The van der Waals surface area contributed by atoms with E-state index in [2.05, 4.69) is 44.2 Å². The Morgan fingerprint density at radius 2 is 0.760 bits per heavy atom. The number of aromatic nitrogens is 4. The predicted molar refractivity (Wildman–Crippen MR) is 106 cm³/mol. The highest BCUT2D eigenvalue weighted by Gasteiger charge is 2.00. The molecule has 2 N–H and O–H groups in total. The Morgan fingerprint density at radius 1 is 0.480 bits per heavy atom. The van der Waals surface area contributed by atoms with Crippen LogP contribution in [0.1, 0.15) is 22.8 Å². The van der Waals surface area contributed by atoms with Crippen molar-refractivity contribution in [3.63, 3.8) is 0 Å². The number of aromatic amines is 2. The molecule has 0 saturated heterocycles. The number of H-pyrrole nitrogens is 2. The normalized spacial score (nSPS) is 12.2. The summed E-state index contributed by atoms with van der Waals surface area (Å²) in [5.41, 5.74) is 7.86. The van der Waals surface area contributed by atoms with Crippen LogP contribution in [0, 0.1) is 0 Å². The Hall–Kier alpha value is -2.97. The molecule has 2 aliphatic heterocycles. The molecule has 4 nitrogen and oxygen atoms in total. The Balaban J connectivity index is 0.00000157. The van der Waals surface area contributed by atoms with Gasteiger partial charge in [-0.3, -0.25) is 0 Å². The number of rotatable bonds is 0. The SMILES string of the molecule is C1=Cc2cc3ccc(cc4nc(cc5ccc(cc1n2)[nH]5)C=C4)[nH]3.[P]. The summed E-state index contributed by atoms with van der Waals surface area (Å²) in [6, 6.07) is 16.4. The Kier molecular flexibility index (Phi) is 3.83. The van der Waals surface area contributed by atoms with Crippen LogP contribution in [0.25, 0.3) is 46.4 Å². The first kappa shape index (κ1) is 15.6. The standard InChI is InChI=1S/C20H14N4.P/c1-2-14-10-16-5-6-18(23-16)12-20-8-7-19(24-20)11-17-4-3-15(22-17)9-13(1)21-14;/h1-12,21,24H;. The average molecular weight is 341 g/mol. The van der Waals surface area contributed by atoms with Crippen LogP contribution in [0.4, 0.5) is 0 Å². The van der Waals surface area contributed by atoms with Gasteiger partial charge < -0.3 is 9.97 Å². The largest absolute Gasteiger partial charge is 0.355 e. The van der Waals surface area contributed by atoms with Crippen molar-refractivity contribution in [1.82, 2.24) is 19.9 Å². The fraction of sp³-hybridized carbons (Fsp3) is 0. The summed E-state index contributed by atoms with van der Waals surface area (Å²) in [6.45, 7) is 0. The quantitative estimate of drug-likeness (QED) is 0.365. The zero-order valence-corrected chi connectivity index (χ0v) is 14.2. The van der Waals surface area contributed by atoms with Crippen LogP contribution in [-0.2, 0) is 0 Å². The average Bonchev–Trinajstić information content (AvgIpc) is 3.32. The van der Waals surface area contributed by atoms with Crippen molar-refractivity contribution in [3.05, 3.63) is 71.3 Å². The molecule has 0 unspecified atom stereocenters. The van der Waals surface area contributed by atoms with Gasteiger partial charge in [0.25, 0.3) is 0 Å². The molecule has 8 bridgehead atoms. The van der Waals surface area contributed by atoms with Gasteiger partial charge in [0.2, 0.25) is 0 Å². The third kappa shape index (κ3) is 3.17. The summed E-state index contributed by atoms with van der Waals surface area (Å²) in [5.74, 6) is 0. The maximum atomic E-state index is 4.63. The van der Waals surface area contributed by atoms with E-state index in [0.29, 0.717) is 0 Å². The molecule has 0 aromatic carbocycles. The Morgan fingerprint density at radius 3 is 1.04 bits per heavy atom. The maximum Gasteiger partial charge on any atom is 0.0658 e. The van der Waals surface area contributed by atoms with Crippen LogP contribution in [0.3, 0.4) is 0 Å². The highest BCUT2D eigenvalue weighted by Crippen LogP contribution is 2.16. The first-order valence-electron chi connectivity index (χ1n) is 7.85. The third-order valence-corrected chi connectivity index (χ3v) is 4.04. The van der Waals surface area contributed by atoms with Gasteiger partial charge in [-0.25, -0.2) is 9.97 Å². The maximum absolute atomic E-state index is 4.63. The van der Waals surface area contributed by atoms with Crippen LogP contribution >= 0.6 is 9.90 Å². The molecule has 5 heterocycles. The number of hydrogen-bond acceptors (Lipinski definition) is 2. The first-order chi connectivity index (χ1) is 11.8. The fourth-order valence-corrected chi connectivity index (χ4v) is 2.94. The second-order valence-electron chi connectivity index (χ2n) is 5.91. The molecule has 0 atom stereocenters. The second-order valence-corrected chi connectivity index (χ2v) is 5.91. The van der Waals surface area contributed by atoms with Crippen LogP contribution in [0.2, 0.25) is 0 Å². The molecular weight excluding hydrogens is 327 g/mol. The molecule has 5 heteroatoms. The van der Waals surface area contributed by atoms with Gasteiger partial charge in [-0.2, -0.15) is 0 Å². The highest BCUT2D eigenvalue weighted by molar-refractivity contribution is 6.92. The molecule has 0 spiro atoms. The van der Waals surface area contributed by atoms with Gasteiger partial charge in [0.05, 0.1) is 22.8 Å². The lowest BCUT2D eigenvalue weighted by atomic mass is 10.3. The van der Waals surface area contributed by atoms with Gasteiger partial charge in [0.1, 0.15) is 0 Å². The Labute approximate surface area is 148 Å². The van der Waals surface area contributed by atoms with Gasteiger partial charge in [-0.05, 0) is 72.8 Å². The summed E-state index contributed by atoms with van der Waals surface area (Å²) in [7, 11) is 0. The van der Waals surface area contributed by atoms with Gasteiger partial charge in [0, 0.05) is 32.0 Å². The van der Waals surface area contributed by atoms with E-state index in [4.69, 9.17) is 0 Å². The van der Waals surface area contributed by atoms with Crippen molar-refractivity contribution in [1.29, 1.82) is 0 Å². The van der Waals surface area contributed by atoms with Gasteiger partial charge in [0.15, 0.2) is 0 Å². The van der Waals surface area contributed by atoms with Gasteiger partial charge >= 0.3 is 0 Å². The molecule has 3 radical (unpaired) electrons. The second kappa shape index (κ2) is 6.15. The molecule has 0 amide bonds. The lowest BCUT2D eigenvalue weighted by molar-refractivity contribution is 1.31.